The lowest BCUT2D eigenvalue weighted by Gasteiger charge is -2.25. The number of carbonyl (C=O) groups is 1. The van der Waals surface area contributed by atoms with Crippen molar-refractivity contribution in [2.75, 3.05) is 0 Å². The fourth-order valence-corrected chi connectivity index (χ4v) is 2.61. The number of carbonyl (C=O) groups excluding carboxylic acids is 1. The van der Waals surface area contributed by atoms with Crippen molar-refractivity contribution in [1.82, 2.24) is 0 Å². The molecule has 1 fully saturated rings. The Morgan fingerprint density at radius 2 is 2.21 bits per heavy atom. The molecule has 0 bridgehead atoms. The number of hydrogen-bond acceptors (Lipinski definition) is 3. The standard InChI is InChI=1S/C11H18O2S/c1-6-7-11(5)8(12)13-9(14-11)10(2,3)4/h6,9H,1,7H2,2-5H3. The van der Waals surface area contributed by atoms with E-state index in [1.807, 2.05) is 6.92 Å². The third kappa shape index (κ3) is 2.14. The van der Waals surface area contributed by atoms with E-state index in [0.717, 1.165) is 0 Å². The molecule has 1 rings (SSSR count). The van der Waals surface area contributed by atoms with E-state index in [1.165, 1.54) is 0 Å². The molecular weight excluding hydrogens is 196 g/mol. The summed E-state index contributed by atoms with van der Waals surface area (Å²) >= 11 is 1.61. The van der Waals surface area contributed by atoms with Crippen LogP contribution in [0, 0.1) is 5.41 Å². The zero-order valence-electron chi connectivity index (χ0n) is 9.29. The van der Waals surface area contributed by atoms with Crippen LogP contribution in [0.25, 0.3) is 0 Å². The van der Waals surface area contributed by atoms with Crippen LogP contribution < -0.4 is 0 Å². The predicted octanol–water partition coefficient (Wildman–Crippen LogP) is 2.98. The first-order chi connectivity index (χ1) is 6.29. The van der Waals surface area contributed by atoms with Crippen molar-refractivity contribution in [2.45, 2.75) is 44.3 Å². The molecule has 80 valence electrons. The van der Waals surface area contributed by atoms with Gasteiger partial charge in [0.1, 0.15) is 4.75 Å². The van der Waals surface area contributed by atoms with Crippen LogP contribution >= 0.6 is 11.8 Å². The van der Waals surface area contributed by atoms with Gasteiger partial charge in [-0.1, -0.05) is 38.6 Å². The second kappa shape index (κ2) is 3.61. The second-order valence-electron chi connectivity index (χ2n) is 4.94. The maximum atomic E-state index is 11.7. The fraction of sp³-hybridized carbons (Fsp3) is 0.727. The molecule has 0 aliphatic carbocycles. The molecule has 0 spiro atoms. The molecule has 14 heavy (non-hydrogen) atoms. The van der Waals surface area contributed by atoms with Crippen molar-refractivity contribution >= 4 is 17.7 Å². The summed E-state index contributed by atoms with van der Waals surface area (Å²) in [5.74, 6) is -0.109. The highest BCUT2D eigenvalue weighted by Crippen LogP contribution is 2.47. The molecule has 1 aliphatic rings. The Bertz CT molecular complexity index is 255. The molecule has 0 aromatic rings. The molecule has 0 amide bonds. The quantitative estimate of drug-likeness (QED) is 0.522. The molecular formula is C11H18O2S. The summed E-state index contributed by atoms with van der Waals surface area (Å²) in [6.07, 6.45) is 2.45. The number of cyclic esters (lactones) is 1. The van der Waals surface area contributed by atoms with Crippen molar-refractivity contribution in [3.63, 3.8) is 0 Å². The average molecular weight is 214 g/mol. The summed E-state index contributed by atoms with van der Waals surface area (Å²) in [6.45, 7) is 11.8. The maximum absolute atomic E-state index is 11.7. The molecule has 0 saturated carbocycles. The molecule has 1 aliphatic heterocycles. The highest BCUT2D eigenvalue weighted by molar-refractivity contribution is 8.02. The molecule has 0 aromatic carbocycles. The predicted molar refractivity (Wildman–Crippen MR) is 60.1 cm³/mol. The summed E-state index contributed by atoms with van der Waals surface area (Å²) < 4.78 is 4.94. The smallest absolute Gasteiger partial charge is 0.323 e. The van der Waals surface area contributed by atoms with Gasteiger partial charge in [0, 0.05) is 5.41 Å². The largest absolute Gasteiger partial charge is 0.450 e. The highest BCUT2D eigenvalue weighted by Gasteiger charge is 2.49. The van der Waals surface area contributed by atoms with E-state index in [1.54, 1.807) is 17.8 Å². The minimum Gasteiger partial charge on any atom is -0.450 e. The number of rotatable bonds is 2. The fourth-order valence-electron chi connectivity index (χ4n) is 1.29. The molecule has 2 unspecified atom stereocenters. The van der Waals surface area contributed by atoms with Crippen molar-refractivity contribution in [3.05, 3.63) is 12.7 Å². The van der Waals surface area contributed by atoms with Gasteiger partial charge in [0.15, 0.2) is 5.44 Å². The Morgan fingerprint density at radius 3 is 2.57 bits per heavy atom. The Balaban J connectivity index is 2.78. The number of thioether (sulfide) groups is 1. The number of hydrogen-bond donors (Lipinski definition) is 0. The highest BCUT2D eigenvalue weighted by atomic mass is 32.2. The topological polar surface area (TPSA) is 26.3 Å². The van der Waals surface area contributed by atoms with E-state index in [2.05, 4.69) is 27.4 Å². The number of esters is 1. The van der Waals surface area contributed by atoms with E-state index in [-0.39, 0.29) is 16.8 Å². The molecule has 0 radical (unpaired) electrons. The normalized spacial score (nSPS) is 32.9. The molecule has 2 nitrogen and oxygen atoms in total. The second-order valence-corrected chi connectivity index (χ2v) is 6.51. The molecule has 2 atom stereocenters. The van der Waals surface area contributed by atoms with Gasteiger partial charge in [-0.25, -0.2) is 0 Å². The zero-order valence-corrected chi connectivity index (χ0v) is 10.1. The molecule has 3 heteroatoms. The van der Waals surface area contributed by atoms with Crippen LogP contribution in [0.3, 0.4) is 0 Å². The minimum atomic E-state index is -0.431. The summed E-state index contributed by atoms with van der Waals surface area (Å²) in [7, 11) is 0. The van der Waals surface area contributed by atoms with Gasteiger partial charge in [0.05, 0.1) is 0 Å². The van der Waals surface area contributed by atoms with Crippen molar-refractivity contribution in [1.29, 1.82) is 0 Å². The summed E-state index contributed by atoms with van der Waals surface area (Å²) in [6, 6.07) is 0. The van der Waals surface area contributed by atoms with Gasteiger partial charge in [-0.15, -0.1) is 6.58 Å². The Morgan fingerprint density at radius 1 is 1.64 bits per heavy atom. The Labute approximate surface area is 90.1 Å². The Kier molecular flexibility index (Phi) is 3.00. The summed E-state index contributed by atoms with van der Waals surface area (Å²) in [5.41, 5.74) is -0.0425. The van der Waals surface area contributed by atoms with Crippen LogP contribution in [-0.2, 0) is 9.53 Å². The third-order valence-electron chi connectivity index (χ3n) is 2.25. The lowest BCUT2D eigenvalue weighted by molar-refractivity contribution is -0.147. The molecule has 0 N–H and O–H groups in total. The van der Waals surface area contributed by atoms with Gasteiger partial charge in [-0.3, -0.25) is 4.79 Å². The van der Waals surface area contributed by atoms with Crippen LogP contribution in [0.2, 0.25) is 0 Å². The van der Waals surface area contributed by atoms with E-state index in [9.17, 15) is 4.79 Å². The average Bonchev–Trinajstić information content (AvgIpc) is 2.28. The molecule has 1 saturated heterocycles. The van der Waals surface area contributed by atoms with Crippen molar-refractivity contribution in [2.24, 2.45) is 5.41 Å². The van der Waals surface area contributed by atoms with E-state index < -0.39 is 4.75 Å². The van der Waals surface area contributed by atoms with Crippen molar-refractivity contribution < 1.29 is 9.53 Å². The van der Waals surface area contributed by atoms with Gasteiger partial charge in [-0.05, 0) is 13.3 Å². The zero-order chi connectivity index (χ0) is 11.0. The van der Waals surface area contributed by atoms with Gasteiger partial charge >= 0.3 is 5.97 Å². The lowest BCUT2D eigenvalue weighted by atomic mass is 9.98. The van der Waals surface area contributed by atoms with Crippen LogP contribution in [-0.4, -0.2) is 16.2 Å². The van der Waals surface area contributed by atoms with Crippen LogP contribution in [0.4, 0.5) is 0 Å². The maximum Gasteiger partial charge on any atom is 0.323 e. The van der Waals surface area contributed by atoms with Gasteiger partial charge < -0.3 is 4.74 Å². The van der Waals surface area contributed by atoms with Crippen LogP contribution in [0.1, 0.15) is 34.1 Å². The first kappa shape index (κ1) is 11.6. The first-order valence-electron chi connectivity index (χ1n) is 4.79. The summed E-state index contributed by atoms with van der Waals surface area (Å²) in [5, 5.41) is 0. The monoisotopic (exact) mass is 214 g/mol. The Hall–Kier alpha value is -0.440. The first-order valence-corrected chi connectivity index (χ1v) is 5.67. The lowest BCUT2D eigenvalue weighted by Crippen LogP contribution is -2.26. The summed E-state index contributed by atoms with van der Waals surface area (Å²) in [4.78, 5) is 11.7. The van der Waals surface area contributed by atoms with Gasteiger partial charge in [0.25, 0.3) is 0 Å². The van der Waals surface area contributed by atoms with Gasteiger partial charge in [-0.2, -0.15) is 0 Å². The third-order valence-corrected chi connectivity index (χ3v) is 4.12. The van der Waals surface area contributed by atoms with Crippen LogP contribution in [0.15, 0.2) is 12.7 Å². The number of ether oxygens (including phenoxy) is 1. The van der Waals surface area contributed by atoms with Gasteiger partial charge in [0.2, 0.25) is 0 Å². The van der Waals surface area contributed by atoms with Crippen LogP contribution in [0.5, 0.6) is 0 Å². The van der Waals surface area contributed by atoms with Crippen molar-refractivity contribution in [3.8, 4) is 0 Å². The molecule has 0 aromatic heterocycles. The SMILES string of the molecule is C=CCC1(C)SC(C(C)(C)C)OC1=O. The minimum absolute atomic E-state index is 0.000737. The van der Waals surface area contributed by atoms with E-state index in [4.69, 9.17) is 4.74 Å². The van der Waals surface area contributed by atoms with E-state index in [0.29, 0.717) is 6.42 Å². The molecule has 1 heterocycles. The van der Waals surface area contributed by atoms with E-state index >= 15 is 0 Å². The number of allylic oxidation sites excluding steroid dienone is 1.